The molecule has 9 heteroatoms. The quantitative estimate of drug-likeness (QED) is 0.662. The van der Waals surface area contributed by atoms with Gasteiger partial charge in [-0.3, -0.25) is 10.1 Å². The van der Waals surface area contributed by atoms with Crippen LogP contribution in [0.5, 0.6) is 0 Å². The molecular formula is C10H13N5O4. The van der Waals surface area contributed by atoms with Crippen molar-refractivity contribution in [3.05, 3.63) is 11.4 Å². The third kappa shape index (κ3) is 2.87. The highest BCUT2D eigenvalue weighted by Gasteiger charge is 2.34. The van der Waals surface area contributed by atoms with Crippen LogP contribution in [0.25, 0.3) is 0 Å². The van der Waals surface area contributed by atoms with Gasteiger partial charge in [-0.2, -0.15) is 0 Å². The lowest BCUT2D eigenvalue weighted by Crippen LogP contribution is -2.39. The van der Waals surface area contributed by atoms with Gasteiger partial charge in [0.25, 0.3) is 0 Å². The van der Waals surface area contributed by atoms with Crippen molar-refractivity contribution in [1.82, 2.24) is 25.6 Å². The van der Waals surface area contributed by atoms with E-state index in [4.69, 9.17) is 5.11 Å². The van der Waals surface area contributed by atoms with Crippen molar-refractivity contribution in [3.8, 4) is 0 Å². The predicted octanol–water partition coefficient (Wildman–Crippen LogP) is -0.691. The molecular weight excluding hydrogens is 254 g/mol. The molecule has 1 aliphatic carbocycles. The van der Waals surface area contributed by atoms with Crippen LogP contribution in [0.15, 0.2) is 0 Å². The van der Waals surface area contributed by atoms with Crippen LogP contribution in [0.1, 0.15) is 34.9 Å². The zero-order valence-electron chi connectivity index (χ0n) is 10.2. The number of nitrogens with zero attached hydrogens (tertiary/aromatic N) is 3. The largest absolute Gasteiger partial charge is 0.476 e. The van der Waals surface area contributed by atoms with Gasteiger partial charge in [0.1, 0.15) is 6.54 Å². The number of hydrogen-bond donors (Lipinski definition) is 3. The zero-order valence-corrected chi connectivity index (χ0v) is 10.2. The van der Waals surface area contributed by atoms with E-state index in [9.17, 15) is 14.4 Å². The molecule has 1 fully saturated rings. The van der Waals surface area contributed by atoms with E-state index >= 15 is 0 Å². The smallest absolute Gasteiger partial charge is 0.358 e. The molecule has 0 bridgehead atoms. The minimum atomic E-state index is -1.17. The second-order valence-electron chi connectivity index (χ2n) is 4.19. The van der Waals surface area contributed by atoms with Gasteiger partial charge in [-0.15, -0.1) is 5.10 Å². The van der Waals surface area contributed by atoms with Crippen LogP contribution in [-0.4, -0.2) is 45.1 Å². The van der Waals surface area contributed by atoms with Gasteiger partial charge >= 0.3 is 12.0 Å². The minimum Gasteiger partial charge on any atom is -0.476 e. The van der Waals surface area contributed by atoms with E-state index < -0.39 is 17.9 Å². The maximum Gasteiger partial charge on any atom is 0.358 e. The molecule has 0 aromatic carbocycles. The summed E-state index contributed by atoms with van der Waals surface area (Å²) in [6.07, 6.45) is 1.70. The van der Waals surface area contributed by atoms with Crippen LogP contribution < -0.4 is 10.6 Å². The highest BCUT2D eigenvalue weighted by molar-refractivity contribution is 5.94. The van der Waals surface area contributed by atoms with Gasteiger partial charge in [-0.05, 0) is 12.8 Å². The normalized spacial score (nSPS) is 13.9. The number of aromatic nitrogens is 3. The number of carbonyl (C=O) groups excluding carboxylic acids is 2. The molecule has 19 heavy (non-hydrogen) atoms. The van der Waals surface area contributed by atoms with Crippen molar-refractivity contribution in [2.45, 2.75) is 25.3 Å². The molecule has 9 nitrogen and oxygen atoms in total. The highest BCUT2D eigenvalue weighted by Crippen LogP contribution is 2.41. The molecule has 102 valence electrons. The third-order valence-corrected chi connectivity index (χ3v) is 2.71. The van der Waals surface area contributed by atoms with Gasteiger partial charge in [0.2, 0.25) is 5.91 Å². The molecule has 0 radical (unpaired) electrons. The molecule has 1 aromatic heterocycles. The molecule has 0 spiro atoms. The van der Waals surface area contributed by atoms with Crippen molar-refractivity contribution in [1.29, 1.82) is 0 Å². The van der Waals surface area contributed by atoms with Crippen molar-refractivity contribution in [2.75, 3.05) is 7.05 Å². The molecule has 1 heterocycles. The zero-order chi connectivity index (χ0) is 14.0. The Morgan fingerprint density at radius 2 is 2.11 bits per heavy atom. The van der Waals surface area contributed by atoms with Crippen molar-refractivity contribution >= 4 is 17.9 Å². The summed E-state index contributed by atoms with van der Waals surface area (Å²) in [6.45, 7) is -0.237. The Balaban J connectivity index is 2.14. The number of nitrogens with one attached hydrogen (secondary N) is 2. The van der Waals surface area contributed by atoms with Gasteiger partial charge in [0, 0.05) is 13.0 Å². The monoisotopic (exact) mass is 267 g/mol. The van der Waals surface area contributed by atoms with E-state index in [2.05, 4.69) is 20.9 Å². The van der Waals surface area contributed by atoms with Crippen LogP contribution >= 0.6 is 0 Å². The van der Waals surface area contributed by atoms with Crippen LogP contribution in [-0.2, 0) is 11.3 Å². The second-order valence-corrected chi connectivity index (χ2v) is 4.19. The molecule has 0 saturated heterocycles. The van der Waals surface area contributed by atoms with E-state index in [-0.39, 0.29) is 18.2 Å². The number of aromatic carboxylic acids is 1. The van der Waals surface area contributed by atoms with Gasteiger partial charge in [0.15, 0.2) is 5.69 Å². The molecule has 2 rings (SSSR count). The Morgan fingerprint density at radius 1 is 1.42 bits per heavy atom. The van der Waals surface area contributed by atoms with Crippen molar-refractivity contribution in [2.24, 2.45) is 0 Å². The Bertz CT molecular complexity index is 534. The predicted molar refractivity (Wildman–Crippen MR) is 61.6 cm³/mol. The Labute approximate surface area is 108 Å². The Hall–Kier alpha value is -2.45. The second kappa shape index (κ2) is 5.04. The summed E-state index contributed by atoms with van der Waals surface area (Å²) in [6, 6.07) is -0.628. The van der Waals surface area contributed by atoms with Crippen LogP contribution in [0.2, 0.25) is 0 Å². The molecule has 3 N–H and O–H groups in total. The van der Waals surface area contributed by atoms with Crippen molar-refractivity contribution in [3.63, 3.8) is 0 Å². The summed E-state index contributed by atoms with van der Waals surface area (Å²) in [7, 11) is 1.39. The summed E-state index contributed by atoms with van der Waals surface area (Å²) in [5.74, 6) is -1.67. The number of carboxylic acid groups (broad SMARTS) is 1. The summed E-state index contributed by atoms with van der Waals surface area (Å²) >= 11 is 0. The first-order chi connectivity index (χ1) is 9.02. The molecule has 3 amide bonds. The number of urea groups is 1. The third-order valence-electron chi connectivity index (χ3n) is 2.71. The SMILES string of the molecule is CNC(=O)NC(=O)Cn1nnc(C(=O)O)c1C1CC1. The number of hydrogen-bond acceptors (Lipinski definition) is 5. The van der Waals surface area contributed by atoms with Crippen LogP contribution in [0.4, 0.5) is 4.79 Å². The topological polar surface area (TPSA) is 126 Å². The van der Waals surface area contributed by atoms with E-state index in [1.54, 1.807) is 0 Å². The molecule has 1 aromatic rings. The highest BCUT2D eigenvalue weighted by atomic mass is 16.4. The number of imide groups is 1. The van der Waals surface area contributed by atoms with E-state index in [1.165, 1.54) is 11.7 Å². The average Bonchev–Trinajstić information content (AvgIpc) is 3.10. The fourth-order valence-corrected chi connectivity index (χ4v) is 1.72. The molecule has 0 unspecified atom stereocenters. The fourth-order valence-electron chi connectivity index (χ4n) is 1.72. The fraction of sp³-hybridized carbons (Fsp3) is 0.500. The van der Waals surface area contributed by atoms with Crippen LogP contribution in [0.3, 0.4) is 0 Å². The number of amides is 3. The molecule has 0 atom stereocenters. The van der Waals surface area contributed by atoms with E-state index in [0.29, 0.717) is 5.69 Å². The Morgan fingerprint density at radius 3 is 2.63 bits per heavy atom. The maximum absolute atomic E-state index is 11.5. The number of carbonyl (C=O) groups is 3. The summed E-state index contributed by atoms with van der Waals surface area (Å²) < 4.78 is 1.24. The average molecular weight is 267 g/mol. The minimum absolute atomic E-state index is 0.0777. The number of carboxylic acids is 1. The number of rotatable bonds is 4. The lowest BCUT2D eigenvalue weighted by molar-refractivity contribution is -0.120. The summed E-state index contributed by atoms with van der Waals surface area (Å²) in [4.78, 5) is 33.5. The van der Waals surface area contributed by atoms with Gasteiger partial charge in [-0.25, -0.2) is 14.3 Å². The summed E-state index contributed by atoms with van der Waals surface area (Å²) in [5.41, 5.74) is 0.315. The maximum atomic E-state index is 11.5. The first-order valence-corrected chi connectivity index (χ1v) is 5.71. The first-order valence-electron chi connectivity index (χ1n) is 5.71. The standard InChI is InChI=1S/C10H13N5O4/c1-11-10(19)12-6(16)4-15-8(5-2-3-5)7(9(17)18)13-14-15/h5H,2-4H2,1H3,(H,17,18)(H2,11,12,16,19). The molecule has 1 saturated carbocycles. The van der Waals surface area contributed by atoms with Crippen molar-refractivity contribution < 1.29 is 19.5 Å². The lowest BCUT2D eigenvalue weighted by Gasteiger charge is -2.06. The molecule has 1 aliphatic rings. The first kappa shape index (κ1) is 13.0. The van der Waals surface area contributed by atoms with Gasteiger partial charge in [0.05, 0.1) is 5.69 Å². The Kier molecular flexibility index (Phi) is 3.45. The van der Waals surface area contributed by atoms with Gasteiger partial charge in [-0.1, -0.05) is 5.21 Å². The molecule has 0 aliphatic heterocycles. The van der Waals surface area contributed by atoms with E-state index in [1.807, 2.05) is 0 Å². The lowest BCUT2D eigenvalue weighted by atomic mass is 10.2. The van der Waals surface area contributed by atoms with E-state index in [0.717, 1.165) is 12.8 Å². The van der Waals surface area contributed by atoms with Gasteiger partial charge < -0.3 is 10.4 Å². The summed E-state index contributed by atoms with van der Waals surface area (Å²) in [5, 5.41) is 20.5. The van der Waals surface area contributed by atoms with Crippen LogP contribution in [0, 0.1) is 0 Å².